The first-order valence-electron chi connectivity index (χ1n) is 15.7. The van der Waals surface area contributed by atoms with Crippen LogP contribution in [0.25, 0.3) is 42.2 Å². The van der Waals surface area contributed by atoms with Gasteiger partial charge in [0.2, 0.25) is 0 Å². The maximum absolute atomic E-state index is 12.2. The smallest absolute Gasteiger partial charge is 0.164 e. The number of ketones is 1. The van der Waals surface area contributed by atoms with Crippen molar-refractivity contribution in [3.63, 3.8) is 0 Å². The summed E-state index contributed by atoms with van der Waals surface area (Å²) >= 11 is 1.89. The van der Waals surface area contributed by atoms with Gasteiger partial charge in [0, 0.05) is 52.6 Å². The molecule has 3 aromatic carbocycles. The minimum Gasteiger partial charge on any atom is -0.512 e. The van der Waals surface area contributed by atoms with E-state index in [1.165, 1.54) is 53.0 Å². The van der Waals surface area contributed by atoms with E-state index in [0.717, 1.165) is 31.4 Å². The van der Waals surface area contributed by atoms with Crippen LogP contribution in [-0.2, 0) is 24.9 Å². The molecule has 0 atom stereocenters. The predicted molar refractivity (Wildman–Crippen MR) is 189 cm³/mol. The number of aromatic nitrogens is 1. The summed E-state index contributed by atoms with van der Waals surface area (Å²) in [6.07, 6.45) is 6.71. The molecular formula is C38H44IrNO2SSi-. The van der Waals surface area contributed by atoms with E-state index >= 15 is 0 Å². The van der Waals surface area contributed by atoms with Gasteiger partial charge in [-0.3, -0.25) is 4.79 Å². The van der Waals surface area contributed by atoms with Gasteiger partial charge in [-0.1, -0.05) is 107 Å². The first-order chi connectivity index (χ1) is 20.5. The van der Waals surface area contributed by atoms with Crippen molar-refractivity contribution in [1.29, 1.82) is 0 Å². The Bertz CT molecular complexity index is 1860. The van der Waals surface area contributed by atoms with Crippen LogP contribution < -0.4 is 10.4 Å². The molecule has 1 aliphatic rings. The van der Waals surface area contributed by atoms with E-state index in [1.54, 1.807) is 0 Å². The van der Waals surface area contributed by atoms with Crippen LogP contribution in [0.1, 0.15) is 67.2 Å². The molecule has 0 saturated heterocycles. The average molecular weight is 799 g/mol. The molecule has 233 valence electrons. The number of rotatable bonds is 7. The molecular weight excluding hydrogens is 755 g/mol. The van der Waals surface area contributed by atoms with Crippen molar-refractivity contribution < 1.29 is 30.0 Å². The molecule has 0 spiro atoms. The van der Waals surface area contributed by atoms with E-state index in [2.05, 4.69) is 73.8 Å². The summed E-state index contributed by atoms with van der Waals surface area (Å²) in [4.78, 5) is 17.0. The van der Waals surface area contributed by atoms with Crippen molar-refractivity contribution >= 4 is 66.5 Å². The van der Waals surface area contributed by atoms with Gasteiger partial charge < -0.3 is 10.1 Å². The SMILES string of the molecule is CCC(C)(CC)C(=O)/C=C(\O)C(C)(CC)CC.C[Si]1(C)c2c([c-]cc3ccccc23)-c2nccc3sc4cccc1c4c23.[Ir]. The Morgan fingerprint density at radius 1 is 0.909 bits per heavy atom. The number of benzene rings is 3. The molecule has 1 N–H and O–H groups in total. The topological polar surface area (TPSA) is 50.2 Å². The van der Waals surface area contributed by atoms with Crippen LogP contribution in [-0.4, -0.2) is 23.9 Å². The molecule has 1 radical (unpaired) electrons. The predicted octanol–water partition coefficient (Wildman–Crippen LogP) is 9.85. The molecule has 44 heavy (non-hydrogen) atoms. The minimum atomic E-state index is -1.93. The summed E-state index contributed by atoms with van der Waals surface area (Å²) in [6.45, 7) is 17.0. The normalized spacial score (nSPS) is 14.1. The van der Waals surface area contributed by atoms with Crippen molar-refractivity contribution in [3.8, 4) is 11.3 Å². The number of fused-ring (bicyclic) bond motifs is 4. The van der Waals surface area contributed by atoms with E-state index in [0.29, 0.717) is 0 Å². The number of carbonyl (C=O) groups excluding carboxylic acids is 1. The molecule has 0 unspecified atom stereocenters. The summed E-state index contributed by atoms with van der Waals surface area (Å²) in [5.74, 6) is 0.286. The molecule has 6 heteroatoms. The fourth-order valence-electron chi connectivity index (χ4n) is 6.33. The van der Waals surface area contributed by atoms with Gasteiger partial charge in [0.15, 0.2) is 5.78 Å². The molecule has 3 heterocycles. The van der Waals surface area contributed by atoms with Gasteiger partial charge >= 0.3 is 0 Å². The molecule has 0 aliphatic carbocycles. The van der Waals surface area contributed by atoms with Crippen LogP contribution in [0.2, 0.25) is 13.1 Å². The fraction of sp³-hybridized carbons (Fsp3) is 0.368. The van der Waals surface area contributed by atoms with Gasteiger partial charge in [-0.15, -0.1) is 34.2 Å². The van der Waals surface area contributed by atoms with E-state index in [1.807, 2.05) is 59.1 Å². The van der Waals surface area contributed by atoms with Crippen molar-refractivity contribution in [3.05, 3.63) is 78.7 Å². The summed E-state index contributed by atoms with van der Waals surface area (Å²) in [6, 6.07) is 23.5. The second-order valence-corrected chi connectivity index (χ2v) is 18.4. The van der Waals surface area contributed by atoms with Crippen molar-refractivity contribution in [2.45, 2.75) is 80.3 Å². The van der Waals surface area contributed by atoms with Gasteiger partial charge in [0.05, 0.1) is 8.07 Å². The number of aliphatic hydroxyl groups excluding tert-OH is 1. The maximum Gasteiger partial charge on any atom is 0.164 e. The van der Waals surface area contributed by atoms with Crippen LogP contribution >= 0.6 is 11.3 Å². The van der Waals surface area contributed by atoms with Gasteiger partial charge in [-0.2, -0.15) is 0 Å². The van der Waals surface area contributed by atoms with Gasteiger partial charge in [0.1, 0.15) is 5.76 Å². The third kappa shape index (κ3) is 5.64. The molecule has 0 bridgehead atoms. The van der Waals surface area contributed by atoms with E-state index < -0.39 is 8.07 Å². The van der Waals surface area contributed by atoms with E-state index in [4.69, 9.17) is 4.98 Å². The van der Waals surface area contributed by atoms with Crippen LogP contribution in [0.3, 0.4) is 0 Å². The molecule has 0 amide bonds. The van der Waals surface area contributed by atoms with Crippen molar-refractivity contribution in [2.75, 3.05) is 0 Å². The van der Waals surface area contributed by atoms with Gasteiger partial charge in [-0.25, -0.2) is 0 Å². The number of pyridine rings is 1. The number of thiophene rings is 1. The molecule has 1 aliphatic heterocycles. The van der Waals surface area contributed by atoms with E-state index in [-0.39, 0.29) is 42.5 Å². The summed E-state index contributed by atoms with van der Waals surface area (Å²) in [7, 11) is -1.93. The minimum absolute atomic E-state index is 0. The standard InChI is InChI=1S/C23H16NSSi.C15H28O2.Ir/c1-26(2)19-9-5-8-17-20(19)21-18(25-17)12-13-24-22(21)16-11-10-14-6-3-4-7-15(14)23(16)26;1-7-14(5,8-2)12(16)11-13(17)15(6,9-3)10-4;/h3-10,12-13H,1-2H3;11,16H,7-10H2,1-6H3;/q-1;;/b;12-11-;. The van der Waals surface area contributed by atoms with Crippen LogP contribution in [0.5, 0.6) is 0 Å². The van der Waals surface area contributed by atoms with E-state index in [9.17, 15) is 9.90 Å². The van der Waals surface area contributed by atoms with Crippen LogP contribution in [0, 0.1) is 16.9 Å². The van der Waals surface area contributed by atoms with Crippen LogP contribution in [0.4, 0.5) is 0 Å². The molecule has 3 nitrogen and oxygen atoms in total. The number of hydrogen-bond donors (Lipinski definition) is 1. The Hall–Kier alpha value is -2.63. The zero-order valence-corrected chi connectivity index (χ0v) is 31.4. The zero-order chi connectivity index (χ0) is 31.2. The second-order valence-electron chi connectivity index (χ2n) is 13.0. The number of hydrogen-bond acceptors (Lipinski definition) is 4. The first-order valence-corrected chi connectivity index (χ1v) is 19.5. The van der Waals surface area contributed by atoms with Gasteiger partial charge in [-0.05, 0) is 54.3 Å². The number of aliphatic hydroxyl groups is 1. The third-order valence-corrected chi connectivity index (χ3v) is 15.1. The van der Waals surface area contributed by atoms with Gasteiger partial charge in [0.25, 0.3) is 0 Å². The number of carbonyl (C=O) groups is 1. The quantitative estimate of drug-likeness (QED) is 0.0773. The molecule has 6 rings (SSSR count). The van der Waals surface area contributed by atoms with Crippen molar-refractivity contribution in [2.24, 2.45) is 10.8 Å². The second kappa shape index (κ2) is 13.0. The Morgan fingerprint density at radius 3 is 2.20 bits per heavy atom. The zero-order valence-electron chi connectivity index (χ0n) is 27.2. The largest absolute Gasteiger partial charge is 0.512 e. The number of allylic oxidation sites excluding steroid dienone is 2. The Labute approximate surface area is 281 Å². The third-order valence-electron chi connectivity index (χ3n) is 10.4. The fourth-order valence-corrected chi connectivity index (χ4v) is 10.9. The van der Waals surface area contributed by atoms with Crippen molar-refractivity contribution in [1.82, 2.24) is 4.98 Å². The Kier molecular flexibility index (Phi) is 10.1. The number of nitrogens with zero attached hydrogens (tertiary/aromatic N) is 1. The Morgan fingerprint density at radius 2 is 1.55 bits per heavy atom. The maximum atomic E-state index is 12.2. The molecule has 0 fully saturated rings. The average Bonchev–Trinajstić information content (AvgIpc) is 3.38. The summed E-state index contributed by atoms with van der Waals surface area (Å²) in [5, 5.41) is 18.5. The van der Waals surface area contributed by atoms with Crippen LogP contribution in [0.15, 0.2) is 72.6 Å². The molecule has 0 saturated carbocycles. The molecule has 2 aromatic heterocycles. The Balaban J connectivity index is 0.000000218. The summed E-state index contributed by atoms with van der Waals surface area (Å²) in [5.41, 5.74) is 1.72. The summed E-state index contributed by atoms with van der Waals surface area (Å²) < 4.78 is 2.71. The monoisotopic (exact) mass is 799 g/mol. The molecule has 5 aromatic rings. The first kappa shape index (κ1) is 34.2.